The monoisotopic (exact) mass is 351 g/mol. The van der Waals surface area contributed by atoms with Crippen LogP contribution in [-0.2, 0) is 4.79 Å². The van der Waals surface area contributed by atoms with Crippen LogP contribution in [0.1, 0.15) is 52.8 Å². The molecule has 3 rings (SSSR count). The lowest BCUT2D eigenvalue weighted by atomic mass is 9.80. The third kappa shape index (κ3) is 2.00. The van der Waals surface area contributed by atoms with Gasteiger partial charge in [0.2, 0.25) is 0 Å². The summed E-state index contributed by atoms with van der Waals surface area (Å²) in [6.07, 6.45) is 3.01. The molecule has 0 atom stereocenters. The van der Waals surface area contributed by atoms with Gasteiger partial charge in [-0.3, -0.25) is 14.5 Å². The molecule has 1 heterocycles. The Morgan fingerprint density at radius 3 is 2.33 bits per heavy atom. The summed E-state index contributed by atoms with van der Waals surface area (Å²) < 4.78 is 0.692. The Bertz CT molecular complexity index is 649. The maximum atomic E-state index is 12.6. The van der Waals surface area contributed by atoms with E-state index in [-0.39, 0.29) is 11.1 Å². The van der Waals surface area contributed by atoms with Crippen molar-refractivity contribution in [2.24, 2.45) is 0 Å². The lowest BCUT2D eigenvalue weighted by Crippen LogP contribution is -2.58. The van der Waals surface area contributed by atoms with Crippen LogP contribution in [0.3, 0.4) is 0 Å². The van der Waals surface area contributed by atoms with Gasteiger partial charge in [-0.05, 0) is 31.0 Å². The van der Waals surface area contributed by atoms with Crippen molar-refractivity contribution in [2.75, 3.05) is 0 Å². The number of halogens is 1. The molecule has 2 amide bonds. The van der Waals surface area contributed by atoms with Crippen molar-refractivity contribution in [1.82, 2.24) is 4.90 Å². The van der Waals surface area contributed by atoms with E-state index in [0.717, 1.165) is 11.3 Å². The molecule has 0 aromatic heterocycles. The minimum atomic E-state index is -1.39. The van der Waals surface area contributed by atoms with E-state index in [9.17, 15) is 19.5 Å². The number of carboxylic acids is 1. The largest absolute Gasteiger partial charge is 0.479 e. The van der Waals surface area contributed by atoms with Gasteiger partial charge in [-0.2, -0.15) is 0 Å². The van der Waals surface area contributed by atoms with Gasteiger partial charge in [0.1, 0.15) is 5.54 Å². The summed E-state index contributed by atoms with van der Waals surface area (Å²) in [5, 5.41) is 9.66. The number of benzene rings is 1. The van der Waals surface area contributed by atoms with E-state index in [1.54, 1.807) is 18.2 Å². The van der Waals surface area contributed by atoms with Gasteiger partial charge in [-0.15, -0.1) is 0 Å². The lowest BCUT2D eigenvalue weighted by molar-refractivity contribution is -0.150. The zero-order valence-electron chi connectivity index (χ0n) is 11.3. The zero-order chi connectivity index (χ0) is 15.2. The summed E-state index contributed by atoms with van der Waals surface area (Å²) in [5.41, 5.74) is -0.826. The van der Waals surface area contributed by atoms with Crippen LogP contribution in [0, 0.1) is 0 Å². The number of amides is 2. The third-order valence-corrected chi connectivity index (χ3v) is 4.85. The number of fused-ring (bicyclic) bond motifs is 1. The van der Waals surface area contributed by atoms with Gasteiger partial charge in [0.15, 0.2) is 0 Å². The molecule has 1 aromatic rings. The Balaban J connectivity index is 2.09. The molecule has 1 fully saturated rings. The van der Waals surface area contributed by atoms with Crippen molar-refractivity contribution in [3.05, 3.63) is 33.8 Å². The van der Waals surface area contributed by atoms with E-state index in [0.29, 0.717) is 30.2 Å². The van der Waals surface area contributed by atoms with Crippen molar-refractivity contribution in [3.8, 4) is 0 Å². The number of carbonyl (C=O) groups is 3. The molecule has 1 aliphatic carbocycles. The van der Waals surface area contributed by atoms with E-state index in [1.807, 2.05) is 0 Å². The maximum Gasteiger partial charge on any atom is 0.330 e. The highest BCUT2D eigenvalue weighted by atomic mass is 79.9. The zero-order valence-corrected chi connectivity index (χ0v) is 12.9. The molecule has 0 spiro atoms. The second-order valence-corrected chi connectivity index (χ2v) is 6.45. The molecule has 2 aliphatic rings. The molecule has 21 heavy (non-hydrogen) atoms. The number of hydrogen-bond donors (Lipinski definition) is 1. The van der Waals surface area contributed by atoms with Crippen LogP contribution >= 0.6 is 15.9 Å². The fourth-order valence-corrected chi connectivity index (χ4v) is 3.63. The number of aliphatic carboxylic acids is 1. The molecule has 0 bridgehead atoms. The van der Waals surface area contributed by atoms with Crippen LogP contribution in [0.25, 0.3) is 0 Å². The SMILES string of the molecule is O=C1c2ccc(Br)cc2C(=O)N1C1(C(=O)O)CCCCC1. The van der Waals surface area contributed by atoms with Crippen molar-refractivity contribution in [3.63, 3.8) is 0 Å². The molecule has 6 heteroatoms. The molecule has 0 saturated heterocycles. The van der Waals surface area contributed by atoms with Gasteiger partial charge < -0.3 is 5.11 Å². The van der Waals surface area contributed by atoms with Gasteiger partial charge in [-0.1, -0.05) is 35.2 Å². The van der Waals surface area contributed by atoms with E-state index in [1.165, 1.54) is 0 Å². The summed E-state index contributed by atoms with van der Waals surface area (Å²) in [6.45, 7) is 0. The Morgan fingerprint density at radius 2 is 1.71 bits per heavy atom. The predicted octanol–water partition coefficient (Wildman–Crippen LogP) is 2.83. The van der Waals surface area contributed by atoms with Crippen LogP contribution in [0.4, 0.5) is 0 Å². The van der Waals surface area contributed by atoms with Crippen molar-refractivity contribution >= 4 is 33.7 Å². The van der Waals surface area contributed by atoms with E-state index in [2.05, 4.69) is 15.9 Å². The molecule has 1 aliphatic heterocycles. The van der Waals surface area contributed by atoms with Gasteiger partial charge >= 0.3 is 5.97 Å². The molecule has 1 aromatic carbocycles. The van der Waals surface area contributed by atoms with Crippen LogP contribution in [0.15, 0.2) is 22.7 Å². The van der Waals surface area contributed by atoms with Crippen molar-refractivity contribution in [1.29, 1.82) is 0 Å². The number of rotatable bonds is 2. The molecule has 1 N–H and O–H groups in total. The number of carbonyl (C=O) groups excluding carboxylic acids is 2. The summed E-state index contributed by atoms with van der Waals surface area (Å²) >= 11 is 3.27. The topological polar surface area (TPSA) is 74.7 Å². The third-order valence-electron chi connectivity index (χ3n) is 4.36. The number of hydrogen-bond acceptors (Lipinski definition) is 3. The average Bonchev–Trinajstić information content (AvgIpc) is 2.71. The van der Waals surface area contributed by atoms with Gasteiger partial charge in [0.25, 0.3) is 11.8 Å². The number of nitrogens with zero attached hydrogens (tertiary/aromatic N) is 1. The Kier molecular flexibility index (Phi) is 3.36. The molecular weight excluding hydrogens is 338 g/mol. The first-order valence-electron chi connectivity index (χ1n) is 6.89. The highest BCUT2D eigenvalue weighted by molar-refractivity contribution is 9.10. The molecule has 0 radical (unpaired) electrons. The fraction of sp³-hybridized carbons (Fsp3) is 0.400. The van der Waals surface area contributed by atoms with E-state index >= 15 is 0 Å². The minimum Gasteiger partial charge on any atom is -0.479 e. The first kappa shape index (κ1) is 14.3. The highest BCUT2D eigenvalue weighted by Crippen LogP contribution is 2.39. The van der Waals surface area contributed by atoms with Gasteiger partial charge in [0.05, 0.1) is 11.1 Å². The standard InChI is InChI=1S/C15H14BrNO4/c16-9-4-5-10-11(8-9)13(19)17(12(10)18)15(14(20)21)6-2-1-3-7-15/h4-5,8H,1-3,6-7H2,(H,20,21). The van der Waals surface area contributed by atoms with Gasteiger partial charge in [0, 0.05) is 4.47 Å². The molecule has 110 valence electrons. The Morgan fingerprint density at radius 1 is 1.10 bits per heavy atom. The second kappa shape index (κ2) is 4.94. The second-order valence-electron chi connectivity index (χ2n) is 5.53. The maximum absolute atomic E-state index is 12.6. The molecular formula is C15H14BrNO4. The number of imide groups is 1. The van der Waals surface area contributed by atoms with Crippen LogP contribution in [0.5, 0.6) is 0 Å². The highest BCUT2D eigenvalue weighted by Gasteiger charge is 2.54. The van der Waals surface area contributed by atoms with E-state index in [4.69, 9.17) is 0 Å². The summed E-state index contributed by atoms with van der Waals surface area (Å²) in [5.74, 6) is -2.08. The molecule has 0 unspecified atom stereocenters. The summed E-state index contributed by atoms with van der Waals surface area (Å²) in [6, 6.07) is 4.83. The first-order chi connectivity index (χ1) is 9.97. The average molecular weight is 352 g/mol. The van der Waals surface area contributed by atoms with E-state index < -0.39 is 23.3 Å². The smallest absolute Gasteiger partial charge is 0.330 e. The Labute approximate surface area is 130 Å². The first-order valence-corrected chi connectivity index (χ1v) is 7.68. The van der Waals surface area contributed by atoms with Crippen molar-refractivity contribution < 1.29 is 19.5 Å². The van der Waals surface area contributed by atoms with Crippen LogP contribution in [-0.4, -0.2) is 33.3 Å². The fourth-order valence-electron chi connectivity index (χ4n) is 3.27. The lowest BCUT2D eigenvalue weighted by Gasteiger charge is -2.39. The van der Waals surface area contributed by atoms with Crippen LogP contribution < -0.4 is 0 Å². The number of carboxylic acid groups (broad SMARTS) is 1. The quantitative estimate of drug-likeness (QED) is 0.831. The van der Waals surface area contributed by atoms with Gasteiger partial charge in [-0.25, -0.2) is 4.79 Å². The predicted molar refractivity (Wildman–Crippen MR) is 78.1 cm³/mol. The molecule has 5 nitrogen and oxygen atoms in total. The summed E-state index contributed by atoms with van der Waals surface area (Å²) in [7, 11) is 0. The summed E-state index contributed by atoms with van der Waals surface area (Å²) in [4.78, 5) is 37.9. The van der Waals surface area contributed by atoms with Crippen molar-refractivity contribution in [2.45, 2.75) is 37.6 Å². The van der Waals surface area contributed by atoms with Crippen LogP contribution in [0.2, 0.25) is 0 Å². The minimum absolute atomic E-state index is 0.278. The molecule has 1 saturated carbocycles. The normalized spacial score (nSPS) is 20.5. The Hall–Kier alpha value is -1.69.